The Morgan fingerprint density at radius 3 is 1.80 bits per heavy atom. The van der Waals surface area contributed by atoms with E-state index in [9.17, 15) is 9.42 Å². The summed E-state index contributed by atoms with van der Waals surface area (Å²) in [6.45, 7) is 6.46. The first-order valence-electron chi connectivity index (χ1n) is 3.23. The highest BCUT2D eigenvalue weighted by Gasteiger charge is 2.35. The molecule has 0 aromatic carbocycles. The van der Waals surface area contributed by atoms with E-state index in [0.29, 0.717) is 0 Å². The van der Waals surface area contributed by atoms with Gasteiger partial charge in [0.2, 0.25) is 0 Å². The Balaban J connectivity index is 4.10. The number of halogens is 1. The Hall–Kier alpha value is -0.0851. The van der Waals surface area contributed by atoms with Crippen molar-refractivity contribution in [3.63, 3.8) is 0 Å². The summed E-state index contributed by atoms with van der Waals surface area (Å²) < 4.78 is 16.4. The summed E-state index contributed by atoms with van der Waals surface area (Å²) in [6, 6.07) is 0. The molecule has 0 saturated heterocycles. The van der Waals surface area contributed by atoms with Gasteiger partial charge in [0.25, 0.3) is 0 Å². The molecule has 0 bridgehead atoms. The van der Waals surface area contributed by atoms with Gasteiger partial charge in [-0.2, -0.15) is 0 Å². The van der Waals surface area contributed by atoms with Crippen LogP contribution in [-0.2, 0) is 4.65 Å². The van der Waals surface area contributed by atoms with Gasteiger partial charge in [-0.05, 0) is 27.7 Å². The molecule has 0 atom stereocenters. The van der Waals surface area contributed by atoms with Crippen molar-refractivity contribution in [3.8, 4) is 0 Å². The van der Waals surface area contributed by atoms with E-state index in [1.807, 2.05) is 0 Å². The molecule has 0 radical (unpaired) electrons. The zero-order valence-electron chi connectivity index (χ0n) is 6.94. The molecule has 0 aromatic rings. The second-order valence-corrected chi connectivity index (χ2v) is 3.32. The van der Waals surface area contributed by atoms with Crippen LogP contribution in [0.5, 0.6) is 0 Å². The minimum atomic E-state index is -1.01. The average Bonchev–Trinajstić information content (AvgIpc) is 1.61. The summed E-state index contributed by atoms with van der Waals surface area (Å²) in [7, 11) is -0.864. The van der Waals surface area contributed by atoms with E-state index in [0.717, 1.165) is 0 Å². The minimum absolute atomic E-state index is 0.832. The SMILES string of the molecule is CC(C)(O)C(C)(C)OBF. The molecule has 4 heteroatoms. The first-order chi connectivity index (χ1) is 4.31. The lowest BCUT2D eigenvalue weighted by Crippen LogP contribution is -2.47. The summed E-state index contributed by atoms with van der Waals surface area (Å²) in [6.07, 6.45) is 0. The molecule has 0 fully saturated rings. The van der Waals surface area contributed by atoms with E-state index in [4.69, 9.17) is 0 Å². The summed E-state index contributed by atoms with van der Waals surface area (Å²) >= 11 is 0. The maximum Gasteiger partial charge on any atom is 0.482 e. The van der Waals surface area contributed by atoms with Crippen LogP contribution in [0.1, 0.15) is 27.7 Å². The molecular weight excluding hydrogens is 134 g/mol. The third kappa shape index (κ3) is 2.27. The highest BCUT2D eigenvalue weighted by molar-refractivity contribution is 6.17. The highest BCUT2D eigenvalue weighted by Crippen LogP contribution is 2.24. The van der Waals surface area contributed by atoms with Crippen LogP contribution in [0, 0.1) is 0 Å². The molecule has 0 heterocycles. The number of hydrogen-bond donors (Lipinski definition) is 1. The van der Waals surface area contributed by atoms with Crippen molar-refractivity contribution in [1.82, 2.24) is 0 Å². The standard InChI is InChI=1S/C6H14BFO2/c1-5(2,9)6(3,4)10-7-8/h7,9H,1-4H3. The number of hydrogen-bond acceptors (Lipinski definition) is 2. The number of rotatable bonds is 3. The van der Waals surface area contributed by atoms with Crippen molar-refractivity contribution in [2.24, 2.45) is 0 Å². The molecule has 1 N–H and O–H groups in total. The maximum atomic E-state index is 11.7. The van der Waals surface area contributed by atoms with Gasteiger partial charge >= 0.3 is 7.76 Å². The largest absolute Gasteiger partial charge is 0.482 e. The van der Waals surface area contributed by atoms with Crippen LogP contribution in [0.25, 0.3) is 0 Å². The van der Waals surface area contributed by atoms with Gasteiger partial charge in [0.15, 0.2) is 0 Å². The molecule has 0 aromatic heterocycles. The van der Waals surface area contributed by atoms with Crippen molar-refractivity contribution >= 4 is 7.76 Å². The van der Waals surface area contributed by atoms with Crippen LogP contribution in [0.4, 0.5) is 4.32 Å². The topological polar surface area (TPSA) is 29.5 Å². The van der Waals surface area contributed by atoms with E-state index in [1.54, 1.807) is 27.7 Å². The Bertz CT molecular complexity index is 109. The average molecular weight is 148 g/mol. The predicted octanol–water partition coefficient (Wildman–Crippen LogP) is 0.788. The fourth-order valence-electron chi connectivity index (χ4n) is 0.313. The minimum Gasteiger partial charge on any atom is -0.403 e. The van der Waals surface area contributed by atoms with Gasteiger partial charge in [-0.3, -0.25) is 4.32 Å². The van der Waals surface area contributed by atoms with Crippen LogP contribution in [-0.4, -0.2) is 24.1 Å². The van der Waals surface area contributed by atoms with Crippen molar-refractivity contribution in [2.45, 2.75) is 38.9 Å². The van der Waals surface area contributed by atoms with Crippen molar-refractivity contribution in [2.75, 3.05) is 0 Å². The van der Waals surface area contributed by atoms with E-state index in [2.05, 4.69) is 4.65 Å². The monoisotopic (exact) mass is 148 g/mol. The quantitative estimate of drug-likeness (QED) is 0.599. The molecule has 0 spiro atoms. The zero-order chi connectivity index (χ0) is 8.41. The maximum absolute atomic E-state index is 11.7. The molecule has 10 heavy (non-hydrogen) atoms. The van der Waals surface area contributed by atoms with Gasteiger partial charge in [0.1, 0.15) is 0 Å². The first-order valence-corrected chi connectivity index (χ1v) is 3.23. The van der Waals surface area contributed by atoms with Crippen LogP contribution in [0.3, 0.4) is 0 Å². The van der Waals surface area contributed by atoms with Crippen LogP contribution >= 0.6 is 0 Å². The van der Waals surface area contributed by atoms with Crippen molar-refractivity contribution < 1.29 is 14.1 Å². The normalized spacial score (nSPS) is 13.4. The van der Waals surface area contributed by atoms with Crippen molar-refractivity contribution in [3.05, 3.63) is 0 Å². The van der Waals surface area contributed by atoms with Gasteiger partial charge < -0.3 is 9.76 Å². The summed E-state index contributed by atoms with van der Waals surface area (Å²) in [5.74, 6) is 0. The zero-order valence-corrected chi connectivity index (χ0v) is 6.94. The van der Waals surface area contributed by atoms with Gasteiger partial charge in [-0.1, -0.05) is 0 Å². The third-order valence-electron chi connectivity index (χ3n) is 1.89. The molecule has 60 valence electrons. The molecule has 0 saturated carbocycles. The summed E-state index contributed by atoms with van der Waals surface area (Å²) in [5, 5.41) is 9.38. The third-order valence-corrected chi connectivity index (χ3v) is 1.89. The molecule has 0 unspecified atom stereocenters. The lowest BCUT2D eigenvalue weighted by Gasteiger charge is -2.36. The van der Waals surface area contributed by atoms with E-state index >= 15 is 0 Å². The van der Waals surface area contributed by atoms with Gasteiger partial charge in [-0.15, -0.1) is 0 Å². The van der Waals surface area contributed by atoms with E-state index in [-0.39, 0.29) is 0 Å². The first kappa shape index (κ1) is 9.91. The Morgan fingerprint density at radius 2 is 1.70 bits per heavy atom. The molecule has 0 amide bonds. The Labute approximate surface area is 61.7 Å². The van der Waals surface area contributed by atoms with Crippen LogP contribution in [0.2, 0.25) is 0 Å². The highest BCUT2D eigenvalue weighted by atomic mass is 19.1. The molecule has 0 rings (SSSR count). The fraction of sp³-hybridized carbons (Fsp3) is 1.00. The predicted molar refractivity (Wildman–Crippen MR) is 39.7 cm³/mol. The van der Waals surface area contributed by atoms with E-state index in [1.165, 1.54) is 0 Å². The number of aliphatic hydroxyl groups is 1. The Kier molecular flexibility index (Phi) is 2.86. The van der Waals surface area contributed by atoms with Gasteiger partial charge in [-0.25, -0.2) is 0 Å². The lowest BCUT2D eigenvalue weighted by molar-refractivity contribution is -0.0934. The van der Waals surface area contributed by atoms with Gasteiger partial charge in [0, 0.05) is 0 Å². The molecule has 0 aliphatic heterocycles. The van der Waals surface area contributed by atoms with Crippen LogP contribution in [0.15, 0.2) is 0 Å². The Morgan fingerprint density at radius 1 is 1.30 bits per heavy atom. The second-order valence-electron chi connectivity index (χ2n) is 3.32. The molecular formula is C6H14BFO2. The van der Waals surface area contributed by atoms with Crippen LogP contribution < -0.4 is 0 Å². The van der Waals surface area contributed by atoms with E-state index < -0.39 is 19.0 Å². The summed E-state index contributed by atoms with van der Waals surface area (Å²) in [4.78, 5) is 0. The molecule has 2 nitrogen and oxygen atoms in total. The fourth-order valence-corrected chi connectivity index (χ4v) is 0.313. The second kappa shape index (κ2) is 2.88. The van der Waals surface area contributed by atoms with Crippen molar-refractivity contribution in [1.29, 1.82) is 0 Å². The summed E-state index contributed by atoms with van der Waals surface area (Å²) in [5.41, 5.74) is -1.85. The lowest BCUT2D eigenvalue weighted by atomic mass is 9.89. The van der Waals surface area contributed by atoms with Gasteiger partial charge in [0.05, 0.1) is 11.2 Å². The smallest absolute Gasteiger partial charge is 0.403 e. The molecule has 0 aliphatic rings. The molecule has 0 aliphatic carbocycles.